The molecule has 1 aromatic heterocycles. The van der Waals surface area contributed by atoms with Crippen LogP contribution in [0.4, 0.5) is 11.8 Å². The third kappa shape index (κ3) is 4.17. The molecule has 1 aliphatic rings. The predicted octanol–water partition coefficient (Wildman–Crippen LogP) is 0.343. The second-order valence-corrected chi connectivity index (χ2v) is 5.83. The van der Waals surface area contributed by atoms with Crippen LogP contribution in [0, 0.1) is 6.92 Å². The molecule has 22 heavy (non-hydrogen) atoms. The van der Waals surface area contributed by atoms with E-state index in [4.69, 9.17) is 5.73 Å². The van der Waals surface area contributed by atoms with Gasteiger partial charge in [0.15, 0.2) is 0 Å². The van der Waals surface area contributed by atoms with Crippen molar-refractivity contribution in [3.05, 3.63) is 23.4 Å². The van der Waals surface area contributed by atoms with E-state index in [2.05, 4.69) is 9.97 Å². The highest BCUT2D eigenvalue weighted by Crippen LogP contribution is 2.16. The summed E-state index contributed by atoms with van der Waals surface area (Å²) in [4.78, 5) is 24.0. The lowest BCUT2D eigenvalue weighted by Crippen LogP contribution is -2.36. The van der Waals surface area contributed by atoms with E-state index in [9.17, 15) is 9.90 Å². The monoisotopic (exact) mass is 305 g/mol. The Hall–Kier alpha value is -2.15. The fourth-order valence-corrected chi connectivity index (χ4v) is 2.47. The lowest BCUT2D eigenvalue weighted by molar-refractivity contribution is -0.126. The van der Waals surface area contributed by atoms with Crippen molar-refractivity contribution >= 4 is 17.7 Å². The Morgan fingerprint density at radius 1 is 1.36 bits per heavy atom. The average molecular weight is 305 g/mol. The second kappa shape index (κ2) is 6.74. The predicted molar refractivity (Wildman–Crippen MR) is 85.4 cm³/mol. The van der Waals surface area contributed by atoms with Gasteiger partial charge in [-0.1, -0.05) is 5.57 Å². The van der Waals surface area contributed by atoms with Gasteiger partial charge in [0.05, 0.1) is 6.10 Å². The van der Waals surface area contributed by atoms with Gasteiger partial charge in [-0.2, -0.15) is 4.98 Å². The molecule has 1 atom stereocenters. The van der Waals surface area contributed by atoms with Crippen LogP contribution in [0.25, 0.3) is 0 Å². The van der Waals surface area contributed by atoms with E-state index in [0.29, 0.717) is 32.0 Å². The fraction of sp³-hybridized carbons (Fsp3) is 0.533. The Morgan fingerprint density at radius 2 is 2.09 bits per heavy atom. The standard InChI is InChI=1S/C15H23N5O2/c1-10(2)6-14(22)20-5-4-19(8-12(21)9-20)13-7-11(3)17-15(16)18-13/h6-7,12,21H,4-5,8-9H2,1-3H3,(H2,16,17,18). The number of hydrogen-bond acceptors (Lipinski definition) is 6. The van der Waals surface area contributed by atoms with Gasteiger partial charge in [-0.25, -0.2) is 4.98 Å². The number of nitrogen functional groups attached to an aromatic ring is 1. The Bertz CT molecular complexity index is 563. The Morgan fingerprint density at radius 3 is 2.73 bits per heavy atom. The molecule has 2 rings (SSSR count). The summed E-state index contributed by atoms with van der Waals surface area (Å²) in [5, 5.41) is 10.2. The smallest absolute Gasteiger partial charge is 0.246 e. The summed E-state index contributed by atoms with van der Waals surface area (Å²) in [6.45, 7) is 7.46. The van der Waals surface area contributed by atoms with Crippen LogP contribution in [0.3, 0.4) is 0 Å². The minimum absolute atomic E-state index is 0.0701. The molecule has 1 unspecified atom stereocenters. The number of aliphatic hydroxyl groups excluding tert-OH is 1. The number of rotatable bonds is 2. The number of aliphatic hydroxyl groups is 1. The van der Waals surface area contributed by atoms with Crippen LogP contribution >= 0.6 is 0 Å². The quantitative estimate of drug-likeness (QED) is 0.765. The molecule has 1 aromatic rings. The molecule has 0 bridgehead atoms. The van der Waals surface area contributed by atoms with Gasteiger partial charge in [0.25, 0.3) is 0 Å². The minimum Gasteiger partial charge on any atom is -0.389 e. The molecule has 120 valence electrons. The van der Waals surface area contributed by atoms with Crippen molar-refractivity contribution in [2.45, 2.75) is 26.9 Å². The van der Waals surface area contributed by atoms with E-state index in [1.165, 1.54) is 0 Å². The summed E-state index contributed by atoms with van der Waals surface area (Å²) in [6.07, 6.45) is 0.961. The Kier molecular flexibility index (Phi) is 4.97. The molecule has 0 radical (unpaired) electrons. The molecule has 1 saturated heterocycles. The van der Waals surface area contributed by atoms with E-state index in [1.807, 2.05) is 31.7 Å². The van der Waals surface area contributed by atoms with E-state index in [-0.39, 0.29) is 11.9 Å². The number of allylic oxidation sites excluding steroid dienone is 1. The number of carbonyl (C=O) groups is 1. The van der Waals surface area contributed by atoms with Crippen LogP contribution in [-0.2, 0) is 4.79 Å². The summed E-state index contributed by atoms with van der Waals surface area (Å²) in [6, 6.07) is 1.83. The van der Waals surface area contributed by atoms with Crippen molar-refractivity contribution < 1.29 is 9.90 Å². The first-order valence-electron chi connectivity index (χ1n) is 7.33. The molecule has 3 N–H and O–H groups in total. The molecule has 1 fully saturated rings. The zero-order valence-corrected chi connectivity index (χ0v) is 13.3. The van der Waals surface area contributed by atoms with Crippen LogP contribution < -0.4 is 10.6 Å². The lowest BCUT2D eigenvalue weighted by Gasteiger charge is -2.23. The van der Waals surface area contributed by atoms with Crippen LogP contribution in [-0.4, -0.2) is 58.2 Å². The van der Waals surface area contributed by atoms with Crippen LogP contribution in [0.2, 0.25) is 0 Å². The molecule has 0 aliphatic carbocycles. The van der Waals surface area contributed by atoms with Gasteiger partial charge < -0.3 is 20.6 Å². The van der Waals surface area contributed by atoms with Crippen molar-refractivity contribution in [2.75, 3.05) is 36.8 Å². The number of aromatic nitrogens is 2. The number of amides is 1. The second-order valence-electron chi connectivity index (χ2n) is 5.83. The first-order valence-corrected chi connectivity index (χ1v) is 7.33. The molecule has 7 heteroatoms. The maximum Gasteiger partial charge on any atom is 0.246 e. The first kappa shape index (κ1) is 16.2. The van der Waals surface area contributed by atoms with Crippen molar-refractivity contribution in [3.8, 4) is 0 Å². The van der Waals surface area contributed by atoms with Gasteiger partial charge in [0.1, 0.15) is 5.82 Å². The van der Waals surface area contributed by atoms with Crippen molar-refractivity contribution in [1.82, 2.24) is 14.9 Å². The molecule has 2 heterocycles. The van der Waals surface area contributed by atoms with Crippen LogP contribution in [0.1, 0.15) is 19.5 Å². The van der Waals surface area contributed by atoms with E-state index < -0.39 is 6.10 Å². The molecule has 0 saturated carbocycles. The summed E-state index contributed by atoms with van der Waals surface area (Å²) in [5.41, 5.74) is 7.41. The van der Waals surface area contributed by atoms with Crippen LogP contribution in [0.5, 0.6) is 0 Å². The maximum atomic E-state index is 12.1. The number of nitrogens with zero attached hydrogens (tertiary/aromatic N) is 4. The average Bonchev–Trinajstić information content (AvgIpc) is 2.58. The van der Waals surface area contributed by atoms with Crippen molar-refractivity contribution in [1.29, 1.82) is 0 Å². The normalized spacial score (nSPS) is 18.8. The van der Waals surface area contributed by atoms with E-state index in [1.54, 1.807) is 11.0 Å². The molecule has 1 amide bonds. The number of β-amino-alcohol motifs (C(OH)–C–C–N with tert-alkyl or cyclic N) is 1. The summed E-state index contributed by atoms with van der Waals surface area (Å²) in [7, 11) is 0. The van der Waals surface area contributed by atoms with Gasteiger partial charge >= 0.3 is 0 Å². The number of hydrogen-bond donors (Lipinski definition) is 2. The van der Waals surface area contributed by atoms with E-state index >= 15 is 0 Å². The number of anilines is 2. The van der Waals surface area contributed by atoms with Crippen molar-refractivity contribution in [2.24, 2.45) is 0 Å². The summed E-state index contributed by atoms with van der Waals surface area (Å²) >= 11 is 0. The van der Waals surface area contributed by atoms with Crippen molar-refractivity contribution in [3.63, 3.8) is 0 Å². The van der Waals surface area contributed by atoms with Crippen LogP contribution in [0.15, 0.2) is 17.7 Å². The first-order chi connectivity index (χ1) is 10.3. The van der Waals surface area contributed by atoms with Gasteiger partial charge in [0.2, 0.25) is 11.9 Å². The SMILES string of the molecule is CC(C)=CC(=O)N1CCN(c2cc(C)nc(N)n2)CC(O)C1. The Balaban J connectivity index is 2.15. The highest BCUT2D eigenvalue weighted by atomic mass is 16.3. The molecule has 1 aliphatic heterocycles. The van der Waals surface area contributed by atoms with Gasteiger partial charge in [-0.3, -0.25) is 4.79 Å². The fourth-order valence-electron chi connectivity index (χ4n) is 2.47. The molecule has 0 aromatic carbocycles. The maximum absolute atomic E-state index is 12.1. The summed E-state index contributed by atoms with van der Waals surface area (Å²) in [5.74, 6) is 0.825. The van der Waals surface area contributed by atoms with Gasteiger partial charge in [-0.05, 0) is 20.8 Å². The molecular weight excluding hydrogens is 282 g/mol. The third-order valence-corrected chi connectivity index (χ3v) is 3.41. The number of nitrogens with two attached hydrogens (primary N) is 1. The molecule has 7 nitrogen and oxygen atoms in total. The molecule has 0 spiro atoms. The molecular formula is C15H23N5O2. The highest BCUT2D eigenvalue weighted by molar-refractivity contribution is 5.88. The van der Waals surface area contributed by atoms with Gasteiger partial charge in [-0.15, -0.1) is 0 Å². The topological polar surface area (TPSA) is 95.6 Å². The number of carbonyl (C=O) groups excluding carboxylic acids is 1. The zero-order valence-electron chi connectivity index (χ0n) is 13.3. The Labute approximate surface area is 130 Å². The minimum atomic E-state index is -0.631. The lowest BCUT2D eigenvalue weighted by atomic mass is 10.2. The highest BCUT2D eigenvalue weighted by Gasteiger charge is 2.24. The number of aryl methyl sites for hydroxylation is 1. The summed E-state index contributed by atoms with van der Waals surface area (Å²) < 4.78 is 0. The largest absolute Gasteiger partial charge is 0.389 e. The van der Waals surface area contributed by atoms with Gasteiger partial charge in [0, 0.05) is 44.0 Å². The third-order valence-electron chi connectivity index (χ3n) is 3.41. The zero-order chi connectivity index (χ0) is 16.3. The van der Waals surface area contributed by atoms with E-state index in [0.717, 1.165) is 11.3 Å².